The quantitative estimate of drug-likeness (QED) is 0.905. The molecule has 21 heavy (non-hydrogen) atoms. The number of alkyl halides is 3. The molecule has 2 aromatic rings. The fourth-order valence-electron chi connectivity index (χ4n) is 1.88. The number of hydrogen-bond donors (Lipinski definition) is 2. The molecule has 0 saturated heterocycles. The Labute approximate surface area is 126 Å². The summed E-state index contributed by atoms with van der Waals surface area (Å²) in [6.07, 6.45) is -4.32. The molecule has 0 aliphatic heterocycles. The molecule has 6 heteroatoms. The molecule has 0 amide bonds. The van der Waals surface area contributed by atoms with Crippen LogP contribution in [0, 0.1) is 0 Å². The van der Waals surface area contributed by atoms with Crippen LogP contribution in [-0.2, 0) is 6.18 Å². The summed E-state index contributed by atoms with van der Waals surface area (Å²) >= 11 is 0. The van der Waals surface area contributed by atoms with Gasteiger partial charge in [0.2, 0.25) is 0 Å². The molecule has 0 saturated carbocycles. The molecule has 0 aromatic heterocycles. The Kier molecular flexibility index (Phi) is 5.78. The Morgan fingerprint density at radius 2 is 1.33 bits per heavy atom. The highest BCUT2D eigenvalue weighted by atomic mass is 35.5. The second kappa shape index (κ2) is 6.93. The molecule has 3 N–H and O–H groups in total. The zero-order valence-corrected chi connectivity index (χ0v) is 11.8. The van der Waals surface area contributed by atoms with Crippen LogP contribution in [0.15, 0.2) is 48.5 Å². The number of halogens is 4. The summed E-state index contributed by atoms with van der Waals surface area (Å²) in [4.78, 5) is 0. The van der Waals surface area contributed by atoms with Gasteiger partial charge in [0.25, 0.3) is 0 Å². The van der Waals surface area contributed by atoms with E-state index in [9.17, 15) is 13.2 Å². The molecule has 2 nitrogen and oxygen atoms in total. The van der Waals surface area contributed by atoms with Crippen molar-refractivity contribution in [3.63, 3.8) is 0 Å². The Balaban J connectivity index is 0.00000220. The summed E-state index contributed by atoms with van der Waals surface area (Å²) in [5.74, 6) is 0. The van der Waals surface area contributed by atoms with Crippen LogP contribution in [0.1, 0.15) is 17.2 Å². The summed E-state index contributed by atoms with van der Waals surface area (Å²) in [7, 11) is 0. The van der Waals surface area contributed by atoms with Gasteiger partial charge in [-0.15, -0.1) is 12.4 Å². The number of aliphatic hydroxyl groups excluding tert-OH is 1. The number of rotatable bonds is 3. The number of aliphatic hydroxyl groups is 1. The highest BCUT2D eigenvalue weighted by molar-refractivity contribution is 5.85. The summed E-state index contributed by atoms with van der Waals surface area (Å²) in [5, 5.41) is 8.95. The molecular weight excluding hydrogens is 303 g/mol. The molecule has 0 heterocycles. The maximum Gasteiger partial charge on any atom is 0.416 e. The first kappa shape index (κ1) is 17.5. The van der Waals surface area contributed by atoms with Gasteiger partial charge >= 0.3 is 6.18 Å². The lowest BCUT2D eigenvalue weighted by Gasteiger charge is -2.10. The maximum absolute atomic E-state index is 12.5. The molecule has 0 bridgehead atoms. The van der Waals surface area contributed by atoms with E-state index in [1.54, 1.807) is 24.3 Å². The summed E-state index contributed by atoms with van der Waals surface area (Å²) < 4.78 is 37.4. The van der Waals surface area contributed by atoms with Crippen molar-refractivity contribution in [3.05, 3.63) is 59.7 Å². The van der Waals surface area contributed by atoms with E-state index >= 15 is 0 Å². The molecule has 1 atom stereocenters. The Morgan fingerprint density at radius 1 is 0.905 bits per heavy atom. The molecule has 2 rings (SSSR count). The van der Waals surface area contributed by atoms with Gasteiger partial charge in [0, 0.05) is 0 Å². The fraction of sp³-hybridized carbons (Fsp3) is 0.200. The molecule has 0 unspecified atom stereocenters. The van der Waals surface area contributed by atoms with Crippen LogP contribution >= 0.6 is 12.4 Å². The number of benzene rings is 2. The van der Waals surface area contributed by atoms with Crippen molar-refractivity contribution in [3.8, 4) is 11.1 Å². The van der Waals surface area contributed by atoms with E-state index in [0.717, 1.165) is 23.3 Å². The van der Waals surface area contributed by atoms with Gasteiger partial charge in [0.1, 0.15) is 0 Å². The van der Waals surface area contributed by atoms with Gasteiger partial charge in [0.05, 0.1) is 18.2 Å². The van der Waals surface area contributed by atoms with E-state index < -0.39 is 17.8 Å². The van der Waals surface area contributed by atoms with E-state index in [4.69, 9.17) is 10.8 Å². The van der Waals surface area contributed by atoms with Gasteiger partial charge in [-0.2, -0.15) is 13.2 Å². The summed E-state index contributed by atoms with van der Waals surface area (Å²) in [5.41, 5.74) is 7.29. The summed E-state index contributed by atoms with van der Waals surface area (Å²) in [6, 6.07) is 11.6. The smallest absolute Gasteiger partial charge is 0.394 e. The largest absolute Gasteiger partial charge is 0.416 e. The van der Waals surface area contributed by atoms with Crippen LogP contribution in [-0.4, -0.2) is 11.7 Å². The number of nitrogens with two attached hydrogens (primary N) is 1. The first-order valence-corrected chi connectivity index (χ1v) is 6.06. The number of hydrogen-bond acceptors (Lipinski definition) is 2. The lowest BCUT2D eigenvalue weighted by molar-refractivity contribution is -0.137. The van der Waals surface area contributed by atoms with Crippen molar-refractivity contribution in [1.29, 1.82) is 0 Å². The van der Waals surface area contributed by atoms with E-state index in [1.165, 1.54) is 12.1 Å². The van der Waals surface area contributed by atoms with Gasteiger partial charge in [0.15, 0.2) is 0 Å². The third-order valence-corrected chi connectivity index (χ3v) is 3.08. The molecule has 0 spiro atoms. The molecule has 0 radical (unpaired) electrons. The zero-order valence-electron chi connectivity index (χ0n) is 11.0. The predicted octanol–water partition coefficient (Wildman–Crippen LogP) is 3.79. The standard InChI is InChI=1S/C15H14F3NO.ClH/c16-15(17,18)13-7-5-11(6-8-13)10-1-3-12(4-2-10)14(19)9-20;/h1-8,14,20H,9,19H2;1H/t14-;/m1./s1. The summed E-state index contributed by atoms with van der Waals surface area (Å²) in [6.45, 7) is -0.153. The first-order valence-electron chi connectivity index (χ1n) is 6.06. The van der Waals surface area contributed by atoms with Gasteiger partial charge in [-0.05, 0) is 28.8 Å². The first-order chi connectivity index (χ1) is 9.41. The molecule has 0 aliphatic rings. The van der Waals surface area contributed by atoms with E-state index in [0.29, 0.717) is 5.56 Å². The predicted molar refractivity (Wildman–Crippen MR) is 78.1 cm³/mol. The van der Waals surface area contributed by atoms with Crippen LogP contribution in [0.25, 0.3) is 11.1 Å². The van der Waals surface area contributed by atoms with E-state index in [1.807, 2.05) is 0 Å². The van der Waals surface area contributed by atoms with Crippen molar-refractivity contribution in [2.75, 3.05) is 6.61 Å². The average Bonchev–Trinajstić information content (AvgIpc) is 2.46. The van der Waals surface area contributed by atoms with Crippen LogP contribution in [0.2, 0.25) is 0 Å². The van der Waals surface area contributed by atoms with Gasteiger partial charge in [-0.25, -0.2) is 0 Å². The van der Waals surface area contributed by atoms with Gasteiger partial charge in [-0.1, -0.05) is 36.4 Å². The van der Waals surface area contributed by atoms with Crippen molar-refractivity contribution < 1.29 is 18.3 Å². The highest BCUT2D eigenvalue weighted by Gasteiger charge is 2.29. The minimum Gasteiger partial charge on any atom is -0.394 e. The van der Waals surface area contributed by atoms with Crippen molar-refractivity contribution >= 4 is 12.4 Å². The molecule has 0 aliphatic carbocycles. The molecule has 114 valence electrons. The monoisotopic (exact) mass is 317 g/mol. The topological polar surface area (TPSA) is 46.2 Å². The van der Waals surface area contributed by atoms with E-state index in [2.05, 4.69) is 0 Å². The zero-order chi connectivity index (χ0) is 14.8. The Morgan fingerprint density at radius 3 is 1.71 bits per heavy atom. The van der Waals surface area contributed by atoms with Gasteiger partial charge in [-0.3, -0.25) is 0 Å². The Hall–Kier alpha value is -1.56. The molecule has 2 aromatic carbocycles. The van der Waals surface area contributed by atoms with Crippen LogP contribution < -0.4 is 5.73 Å². The Bertz CT molecular complexity index is 567. The normalized spacial score (nSPS) is 12.6. The van der Waals surface area contributed by atoms with Crippen molar-refractivity contribution in [2.45, 2.75) is 12.2 Å². The highest BCUT2D eigenvalue weighted by Crippen LogP contribution is 2.31. The maximum atomic E-state index is 12.5. The third-order valence-electron chi connectivity index (χ3n) is 3.08. The molecule has 0 fully saturated rings. The van der Waals surface area contributed by atoms with Gasteiger partial charge < -0.3 is 10.8 Å². The second-order valence-electron chi connectivity index (χ2n) is 4.49. The minimum atomic E-state index is -4.32. The molecular formula is C15H15ClF3NO. The van der Waals surface area contributed by atoms with Crippen molar-refractivity contribution in [2.24, 2.45) is 5.73 Å². The van der Waals surface area contributed by atoms with Crippen molar-refractivity contribution in [1.82, 2.24) is 0 Å². The van der Waals surface area contributed by atoms with Crippen LogP contribution in [0.3, 0.4) is 0 Å². The lowest BCUT2D eigenvalue weighted by atomic mass is 10.0. The van der Waals surface area contributed by atoms with Crippen LogP contribution in [0.5, 0.6) is 0 Å². The SMILES string of the molecule is Cl.N[C@H](CO)c1ccc(-c2ccc(C(F)(F)F)cc2)cc1. The minimum absolute atomic E-state index is 0. The second-order valence-corrected chi connectivity index (χ2v) is 4.49. The fourth-order valence-corrected chi connectivity index (χ4v) is 1.88. The average molecular weight is 318 g/mol. The third kappa shape index (κ3) is 4.20. The lowest BCUT2D eigenvalue weighted by Crippen LogP contribution is -2.14. The van der Waals surface area contributed by atoms with Crippen LogP contribution in [0.4, 0.5) is 13.2 Å². The van der Waals surface area contributed by atoms with E-state index in [-0.39, 0.29) is 19.0 Å².